The van der Waals surface area contributed by atoms with Crippen molar-refractivity contribution in [2.75, 3.05) is 11.9 Å². The average molecular weight is 359 g/mol. The Bertz CT molecular complexity index is 817. The number of pyridine rings is 1. The van der Waals surface area contributed by atoms with Crippen LogP contribution >= 0.6 is 11.3 Å². The van der Waals surface area contributed by atoms with Crippen LogP contribution in [0.3, 0.4) is 0 Å². The second-order valence-corrected chi connectivity index (χ2v) is 6.72. The Labute approximate surface area is 148 Å². The predicted molar refractivity (Wildman–Crippen MR) is 92.6 cm³/mol. The van der Waals surface area contributed by atoms with Crippen LogP contribution in [0.1, 0.15) is 44.1 Å². The maximum absolute atomic E-state index is 12.1. The summed E-state index contributed by atoms with van der Waals surface area (Å²) in [5.41, 5.74) is 6.92. The van der Waals surface area contributed by atoms with Gasteiger partial charge in [-0.15, -0.1) is 11.3 Å². The molecule has 0 radical (unpaired) electrons. The molecule has 7 nitrogen and oxygen atoms in total. The number of carbonyl (C=O) groups is 3. The van der Waals surface area contributed by atoms with Gasteiger partial charge in [0, 0.05) is 11.1 Å². The fourth-order valence-corrected chi connectivity index (χ4v) is 4.08. The Morgan fingerprint density at radius 3 is 2.76 bits per heavy atom. The summed E-state index contributed by atoms with van der Waals surface area (Å²) in [5.74, 6) is -1.76. The molecule has 0 aromatic carbocycles. The van der Waals surface area contributed by atoms with Crippen LogP contribution < -0.4 is 11.1 Å². The number of nitrogens with zero attached hydrogens (tertiary/aromatic N) is 1. The summed E-state index contributed by atoms with van der Waals surface area (Å²) in [7, 11) is 0. The van der Waals surface area contributed by atoms with Gasteiger partial charge in [0.05, 0.1) is 5.56 Å². The van der Waals surface area contributed by atoms with E-state index < -0.39 is 24.4 Å². The number of nitrogens with one attached hydrogen (secondary N) is 1. The lowest BCUT2D eigenvalue weighted by atomic mass is 9.95. The van der Waals surface area contributed by atoms with Crippen molar-refractivity contribution >= 4 is 34.1 Å². The van der Waals surface area contributed by atoms with Gasteiger partial charge in [-0.3, -0.25) is 9.59 Å². The van der Waals surface area contributed by atoms with Gasteiger partial charge < -0.3 is 15.8 Å². The number of rotatable bonds is 5. The fourth-order valence-electron chi connectivity index (χ4n) is 2.77. The summed E-state index contributed by atoms with van der Waals surface area (Å²) in [6, 6.07) is 4.82. The van der Waals surface area contributed by atoms with E-state index in [0.717, 1.165) is 36.1 Å². The van der Waals surface area contributed by atoms with Gasteiger partial charge in [0.15, 0.2) is 6.61 Å². The molecule has 2 aromatic heterocycles. The van der Waals surface area contributed by atoms with E-state index in [1.165, 1.54) is 23.6 Å². The quantitative estimate of drug-likeness (QED) is 0.792. The molecule has 1 aliphatic carbocycles. The standard InChI is InChI=1S/C17H17N3O4S/c18-15(22)14-10-5-1-2-7-12(10)25-16(14)20-13(21)9-24-17(23)11-6-3-4-8-19-11/h3-4,6,8H,1-2,5,7,9H2,(H2,18,22)(H,20,21). The fraction of sp³-hybridized carbons (Fsp3) is 0.294. The largest absolute Gasteiger partial charge is 0.451 e. The molecular weight excluding hydrogens is 342 g/mol. The van der Waals surface area contributed by atoms with Crippen molar-refractivity contribution in [3.63, 3.8) is 0 Å². The van der Waals surface area contributed by atoms with Gasteiger partial charge >= 0.3 is 5.97 Å². The highest BCUT2D eigenvalue weighted by atomic mass is 32.1. The number of aryl methyl sites for hydroxylation is 1. The topological polar surface area (TPSA) is 111 Å². The number of ether oxygens (including phenoxy) is 1. The highest BCUT2D eigenvalue weighted by Crippen LogP contribution is 2.37. The maximum atomic E-state index is 12.1. The Morgan fingerprint density at radius 2 is 2.04 bits per heavy atom. The summed E-state index contributed by atoms with van der Waals surface area (Å²) in [6.07, 6.45) is 5.19. The molecule has 0 atom stereocenters. The number of primary amides is 1. The molecule has 0 fully saturated rings. The molecule has 8 heteroatoms. The van der Waals surface area contributed by atoms with E-state index in [1.54, 1.807) is 12.1 Å². The number of hydrogen-bond donors (Lipinski definition) is 2. The molecule has 0 saturated carbocycles. The number of carbonyl (C=O) groups excluding carboxylic acids is 3. The Hall–Kier alpha value is -2.74. The summed E-state index contributed by atoms with van der Waals surface area (Å²) in [5, 5.41) is 3.07. The van der Waals surface area contributed by atoms with E-state index in [2.05, 4.69) is 10.3 Å². The van der Waals surface area contributed by atoms with Crippen LogP contribution in [0.15, 0.2) is 24.4 Å². The number of hydrogen-bond acceptors (Lipinski definition) is 6. The molecule has 2 aromatic rings. The van der Waals surface area contributed by atoms with Crippen molar-refractivity contribution < 1.29 is 19.1 Å². The molecule has 3 N–H and O–H groups in total. The Kier molecular flexibility index (Phi) is 5.08. The van der Waals surface area contributed by atoms with Gasteiger partial charge in [0.1, 0.15) is 10.7 Å². The molecule has 1 aliphatic rings. The van der Waals surface area contributed by atoms with E-state index in [-0.39, 0.29) is 5.69 Å². The molecule has 0 saturated heterocycles. The number of nitrogens with two attached hydrogens (primary N) is 1. The number of anilines is 1. The van der Waals surface area contributed by atoms with E-state index >= 15 is 0 Å². The third-order valence-corrected chi connectivity index (χ3v) is 5.09. The molecule has 25 heavy (non-hydrogen) atoms. The minimum Gasteiger partial charge on any atom is -0.451 e. The second kappa shape index (κ2) is 7.43. The van der Waals surface area contributed by atoms with E-state index in [0.29, 0.717) is 10.6 Å². The van der Waals surface area contributed by atoms with E-state index in [4.69, 9.17) is 10.5 Å². The molecule has 3 rings (SSSR count). The number of fused-ring (bicyclic) bond motifs is 1. The Balaban J connectivity index is 1.66. The molecule has 0 bridgehead atoms. The van der Waals surface area contributed by atoms with Crippen LogP contribution in [0, 0.1) is 0 Å². The average Bonchev–Trinajstić information content (AvgIpc) is 2.98. The van der Waals surface area contributed by atoms with Crippen molar-refractivity contribution in [3.8, 4) is 0 Å². The first kappa shape index (κ1) is 17.1. The van der Waals surface area contributed by atoms with Crippen molar-refractivity contribution in [3.05, 3.63) is 46.1 Å². The van der Waals surface area contributed by atoms with Crippen LogP contribution in [-0.4, -0.2) is 29.4 Å². The van der Waals surface area contributed by atoms with Crippen LogP contribution in [0.2, 0.25) is 0 Å². The summed E-state index contributed by atoms with van der Waals surface area (Å²) in [6.45, 7) is -0.462. The smallest absolute Gasteiger partial charge is 0.357 e. The SMILES string of the molecule is NC(=O)c1c(NC(=O)COC(=O)c2ccccn2)sc2c1CCCC2. The lowest BCUT2D eigenvalue weighted by molar-refractivity contribution is -0.119. The lowest BCUT2D eigenvalue weighted by Crippen LogP contribution is -2.23. The van der Waals surface area contributed by atoms with Crippen LogP contribution in [0.5, 0.6) is 0 Å². The molecule has 2 heterocycles. The minimum absolute atomic E-state index is 0.125. The Morgan fingerprint density at radius 1 is 1.24 bits per heavy atom. The van der Waals surface area contributed by atoms with Crippen LogP contribution in [0.4, 0.5) is 5.00 Å². The normalized spacial score (nSPS) is 13.0. The van der Waals surface area contributed by atoms with Crippen molar-refractivity contribution in [2.24, 2.45) is 5.73 Å². The van der Waals surface area contributed by atoms with E-state index in [1.807, 2.05) is 0 Å². The number of thiophene rings is 1. The van der Waals surface area contributed by atoms with Crippen molar-refractivity contribution in [2.45, 2.75) is 25.7 Å². The first-order valence-electron chi connectivity index (χ1n) is 7.88. The first-order chi connectivity index (χ1) is 12.1. The van der Waals surface area contributed by atoms with Gasteiger partial charge in [-0.1, -0.05) is 6.07 Å². The van der Waals surface area contributed by atoms with Gasteiger partial charge in [-0.2, -0.15) is 0 Å². The maximum Gasteiger partial charge on any atom is 0.357 e. The third-order valence-electron chi connectivity index (χ3n) is 3.88. The van der Waals surface area contributed by atoms with Gasteiger partial charge in [-0.25, -0.2) is 9.78 Å². The minimum atomic E-state index is -0.684. The molecular formula is C17H17N3O4S. The predicted octanol–water partition coefficient (Wildman–Crippen LogP) is 1.92. The number of aromatic nitrogens is 1. The molecule has 2 amide bonds. The zero-order valence-corrected chi connectivity index (χ0v) is 14.2. The molecule has 0 aliphatic heterocycles. The van der Waals surface area contributed by atoms with Crippen LogP contribution in [0.25, 0.3) is 0 Å². The lowest BCUT2D eigenvalue weighted by Gasteiger charge is -2.11. The summed E-state index contributed by atoms with van der Waals surface area (Å²) in [4.78, 5) is 40.6. The van der Waals surface area contributed by atoms with Gasteiger partial charge in [0.25, 0.3) is 11.8 Å². The summed E-state index contributed by atoms with van der Waals surface area (Å²) >= 11 is 1.36. The molecule has 0 unspecified atom stereocenters. The number of esters is 1. The zero-order chi connectivity index (χ0) is 17.8. The second-order valence-electron chi connectivity index (χ2n) is 5.62. The molecule has 130 valence electrons. The van der Waals surface area contributed by atoms with Crippen molar-refractivity contribution in [1.29, 1.82) is 0 Å². The summed E-state index contributed by atoms with van der Waals surface area (Å²) < 4.78 is 4.94. The highest BCUT2D eigenvalue weighted by Gasteiger charge is 2.25. The van der Waals surface area contributed by atoms with E-state index in [9.17, 15) is 14.4 Å². The van der Waals surface area contributed by atoms with Gasteiger partial charge in [-0.05, 0) is 43.4 Å². The number of amides is 2. The van der Waals surface area contributed by atoms with Gasteiger partial charge in [0.2, 0.25) is 0 Å². The third kappa shape index (κ3) is 3.85. The molecule has 0 spiro atoms. The zero-order valence-electron chi connectivity index (χ0n) is 13.4. The highest BCUT2D eigenvalue weighted by molar-refractivity contribution is 7.17. The van der Waals surface area contributed by atoms with Crippen molar-refractivity contribution in [1.82, 2.24) is 4.98 Å². The first-order valence-corrected chi connectivity index (χ1v) is 8.70. The monoisotopic (exact) mass is 359 g/mol. The van der Waals surface area contributed by atoms with Crippen LogP contribution in [-0.2, 0) is 22.4 Å².